The summed E-state index contributed by atoms with van der Waals surface area (Å²) in [7, 11) is 0. The standard InChI is InChI=1S/C9H10FO2/c1-2-12-9-7(6-11)4-3-5-8(9)10/h3-6,11H,2H2,1H3. The van der Waals surface area contributed by atoms with Gasteiger partial charge in [0.2, 0.25) is 0 Å². The molecule has 0 amide bonds. The Balaban J connectivity index is 3.02. The molecule has 1 N–H and O–H groups in total. The normalized spacial score (nSPS) is 9.92. The molecule has 0 aliphatic rings. The molecule has 0 bridgehead atoms. The van der Waals surface area contributed by atoms with Crippen LogP contribution in [0.5, 0.6) is 5.75 Å². The molecule has 0 aliphatic heterocycles. The van der Waals surface area contributed by atoms with Crippen molar-refractivity contribution >= 4 is 0 Å². The molecule has 0 spiro atoms. The zero-order chi connectivity index (χ0) is 8.97. The zero-order valence-electron chi connectivity index (χ0n) is 6.75. The predicted molar refractivity (Wildman–Crippen MR) is 42.9 cm³/mol. The lowest BCUT2D eigenvalue weighted by atomic mass is 10.2. The van der Waals surface area contributed by atoms with Gasteiger partial charge in [0, 0.05) is 5.56 Å². The summed E-state index contributed by atoms with van der Waals surface area (Å²) in [5.41, 5.74) is 0.358. The molecule has 0 fully saturated rings. The molecule has 1 radical (unpaired) electrons. The van der Waals surface area contributed by atoms with E-state index in [4.69, 9.17) is 9.84 Å². The Kier molecular flexibility index (Phi) is 3.05. The molecular weight excluding hydrogens is 159 g/mol. The van der Waals surface area contributed by atoms with Gasteiger partial charge in [-0.25, -0.2) is 4.39 Å². The first kappa shape index (κ1) is 9.00. The third kappa shape index (κ3) is 1.74. The van der Waals surface area contributed by atoms with E-state index in [1.54, 1.807) is 13.0 Å². The topological polar surface area (TPSA) is 29.5 Å². The number of ether oxygens (including phenoxy) is 1. The number of hydrogen-bond donors (Lipinski definition) is 1. The van der Waals surface area contributed by atoms with Crippen LogP contribution in [0.25, 0.3) is 0 Å². The van der Waals surface area contributed by atoms with Crippen molar-refractivity contribution in [2.45, 2.75) is 6.92 Å². The van der Waals surface area contributed by atoms with E-state index in [-0.39, 0.29) is 5.75 Å². The molecule has 0 unspecified atom stereocenters. The maximum atomic E-state index is 13.0. The third-order valence-corrected chi connectivity index (χ3v) is 1.43. The lowest BCUT2D eigenvalue weighted by Crippen LogP contribution is -1.98. The van der Waals surface area contributed by atoms with Crippen LogP contribution in [-0.2, 0) is 0 Å². The van der Waals surface area contributed by atoms with Crippen molar-refractivity contribution in [3.8, 4) is 5.75 Å². The molecule has 2 nitrogen and oxygen atoms in total. The predicted octanol–water partition coefficient (Wildman–Crippen LogP) is 2.11. The van der Waals surface area contributed by atoms with Gasteiger partial charge in [0.15, 0.2) is 11.6 Å². The Bertz CT molecular complexity index is 261. The van der Waals surface area contributed by atoms with Gasteiger partial charge in [-0.2, -0.15) is 0 Å². The molecule has 65 valence electrons. The van der Waals surface area contributed by atoms with Crippen LogP contribution in [0.15, 0.2) is 18.2 Å². The van der Waals surface area contributed by atoms with E-state index in [2.05, 4.69) is 0 Å². The van der Waals surface area contributed by atoms with Crippen LogP contribution in [0.4, 0.5) is 4.39 Å². The minimum Gasteiger partial charge on any atom is -0.490 e. The summed E-state index contributed by atoms with van der Waals surface area (Å²) in [5, 5.41) is 8.70. The summed E-state index contributed by atoms with van der Waals surface area (Å²) in [5.74, 6) is -0.359. The smallest absolute Gasteiger partial charge is 0.165 e. The average molecular weight is 169 g/mol. The van der Waals surface area contributed by atoms with Crippen molar-refractivity contribution in [3.05, 3.63) is 36.2 Å². The summed E-state index contributed by atoms with van der Waals surface area (Å²) in [6.07, 6.45) is 0. The average Bonchev–Trinajstić information content (AvgIpc) is 2.09. The second kappa shape index (κ2) is 4.07. The first-order chi connectivity index (χ1) is 5.79. The van der Waals surface area contributed by atoms with Gasteiger partial charge >= 0.3 is 0 Å². The van der Waals surface area contributed by atoms with Gasteiger partial charge in [-0.1, -0.05) is 12.1 Å². The number of rotatable bonds is 3. The molecule has 0 atom stereocenters. The minimum atomic E-state index is -0.459. The van der Waals surface area contributed by atoms with Gasteiger partial charge in [0.25, 0.3) is 0 Å². The molecular formula is C9H10FO2. The van der Waals surface area contributed by atoms with Gasteiger partial charge in [-0.05, 0) is 13.0 Å². The van der Waals surface area contributed by atoms with Gasteiger partial charge in [0.05, 0.1) is 6.61 Å². The second-order valence-electron chi connectivity index (χ2n) is 2.22. The third-order valence-electron chi connectivity index (χ3n) is 1.43. The number of halogens is 1. The fourth-order valence-electron chi connectivity index (χ4n) is 0.924. The molecule has 0 saturated carbocycles. The van der Waals surface area contributed by atoms with Crippen molar-refractivity contribution in [3.63, 3.8) is 0 Å². The van der Waals surface area contributed by atoms with Crippen molar-refractivity contribution < 1.29 is 14.2 Å². The summed E-state index contributed by atoms with van der Waals surface area (Å²) in [4.78, 5) is 0. The SMILES string of the molecule is CCOc1c(F)cccc1[CH]O. The summed E-state index contributed by atoms with van der Waals surface area (Å²) in [6.45, 7) is 2.96. The Labute approximate surface area is 70.6 Å². The first-order valence-electron chi connectivity index (χ1n) is 3.68. The molecule has 12 heavy (non-hydrogen) atoms. The highest BCUT2D eigenvalue weighted by atomic mass is 19.1. The largest absolute Gasteiger partial charge is 0.490 e. The number of aliphatic hydroxyl groups is 1. The van der Waals surface area contributed by atoms with Crippen LogP contribution in [0, 0.1) is 12.4 Å². The van der Waals surface area contributed by atoms with Crippen molar-refractivity contribution in [2.75, 3.05) is 6.61 Å². The van der Waals surface area contributed by atoms with E-state index in [0.717, 1.165) is 6.61 Å². The molecule has 0 aliphatic carbocycles. The monoisotopic (exact) mass is 169 g/mol. The summed E-state index contributed by atoms with van der Waals surface area (Å²) < 4.78 is 18.0. The Morgan fingerprint density at radius 1 is 1.58 bits per heavy atom. The van der Waals surface area contributed by atoms with E-state index in [0.29, 0.717) is 12.2 Å². The molecule has 0 heterocycles. The molecule has 3 heteroatoms. The Morgan fingerprint density at radius 3 is 2.92 bits per heavy atom. The summed E-state index contributed by atoms with van der Waals surface area (Å²) in [6, 6.07) is 4.38. The van der Waals surface area contributed by atoms with E-state index in [1.165, 1.54) is 12.1 Å². The maximum Gasteiger partial charge on any atom is 0.165 e. The molecule has 0 saturated heterocycles. The molecule has 1 rings (SSSR count). The molecule has 1 aromatic carbocycles. The number of para-hydroxylation sites is 1. The highest BCUT2D eigenvalue weighted by molar-refractivity contribution is 5.38. The highest BCUT2D eigenvalue weighted by Crippen LogP contribution is 2.22. The number of benzene rings is 1. The number of hydrogen-bond acceptors (Lipinski definition) is 2. The highest BCUT2D eigenvalue weighted by Gasteiger charge is 2.07. The Hall–Kier alpha value is -1.09. The van der Waals surface area contributed by atoms with Crippen LogP contribution >= 0.6 is 0 Å². The molecule has 0 aromatic heterocycles. The quantitative estimate of drug-likeness (QED) is 0.750. The van der Waals surface area contributed by atoms with Gasteiger partial charge in [0.1, 0.15) is 6.61 Å². The second-order valence-corrected chi connectivity index (χ2v) is 2.22. The van der Waals surface area contributed by atoms with Gasteiger partial charge in [-0.15, -0.1) is 0 Å². The van der Waals surface area contributed by atoms with Gasteiger partial charge < -0.3 is 9.84 Å². The van der Waals surface area contributed by atoms with Crippen LogP contribution < -0.4 is 4.74 Å². The van der Waals surface area contributed by atoms with E-state index in [1.807, 2.05) is 0 Å². The minimum absolute atomic E-state index is 0.0995. The molecule has 1 aromatic rings. The van der Waals surface area contributed by atoms with Gasteiger partial charge in [-0.3, -0.25) is 0 Å². The van der Waals surface area contributed by atoms with Crippen LogP contribution in [0.3, 0.4) is 0 Å². The van der Waals surface area contributed by atoms with Crippen LogP contribution in [0.1, 0.15) is 12.5 Å². The van der Waals surface area contributed by atoms with Crippen LogP contribution in [-0.4, -0.2) is 11.7 Å². The zero-order valence-corrected chi connectivity index (χ0v) is 6.75. The van der Waals surface area contributed by atoms with E-state index in [9.17, 15) is 4.39 Å². The van der Waals surface area contributed by atoms with Crippen molar-refractivity contribution in [1.29, 1.82) is 0 Å². The fraction of sp³-hybridized carbons (Fsp3) is 0.222. The van der Waals surface area contributed by atoms with E-state index < -0.39 is 5.82 Å². The lowest BCUT2D eigenvalue weighted by Gasteiger charge is -2.07. The maximum absolute atomic E-state index is 13.0. The Morgan fingerprint density at radius 2 is 2.33 bits per heavy atom. The number of aliphatic hydroxyl groups excluding tert-OH is 1. The lowest BCUT2D eigenvalue weighted by molar-refractivity contribution is 0.312. The van der Waals surface area contributed by atoms with Crippen molar-refractivity contribution in [1.82, 2.24) is 0 Å². The van der Waals surface area contributed by atoms with Crippen molar-refractivity contribution in [2.24, 2.45) is 0 Å². The fourth-order valence-corrected chi connectivity index (χ4v) is 0.924. The first-order valence-corrected chi connectivity index (χ1v) is 3.68. The summed E-state index contributed by atoms with van der Waals surface area (Å²) >= 11 is 0. The van der Waals surface area contributed by atoms with Crippen LogP contribution in [0.2, 0.25) is 0 Å². The van der Waals surface area contributed by atoms with E-state index >= 15 is 0 Å².